The van der Waals surface area contributed by atoms with E-state index in [-0.39, 0.29) is 18.1 Å². The topological polar surface area (TPSA) is 32.3 Å². The number of carbonyl (C=O) groups excluding carboxylic acids is 1. The van der Waals surface area contributed by atoms with Crippen molar-refractivity contribution in [2.24, 2.45) is 0 Å². The first-order valence-corrected chi connectivity index (χ1v) is 7.72. The van der Waals surface area contributed by atoms with Gasteiger partial charge in [0.1, 0.15) is 6.17 Å². The highest BCUT2D eigenvalue weighted by Crippen LogP contribution is 2.29. The predicted molar refractivity (Wildman–Crippen MR) is 82.5 cm³/mol. The zero-order valence-electron chi connectivity index (χ0n) is 13.1. The van der Waals surface area contributed by atoms with Gasteiger partial charge in [-0.15, -0.1) is 0 Å². The lowest BCUT2D eigenvalue weighted by molar-refractivity contribution is -0.130. The quantitative estimate of drug-likeness (QED) is 0.893. The van der Waals surface area contributed by atoms with Crippen LogP contribution in [0, 0.1) is 13.8 Å². The molecule has 1 saturated heterocycles. The van der Waals surface area contributed by atoms with Crippen LogP contribution in [0.5, 0.6) is 0 Å². The lowest BCUT2D eigenvalue weighted by Crippen LogP contribution is -2.32. The molecule has 2 rings (SSSR count). The van der Waals surface area contributed by atoms with Crippen LogP contribution in [0.15, 0.2) is 18.2 Å². The fraction of sp³-hybridized carbons (Fsp3) is 0.588. The molecule has 20 heavy (non-hydrogen) atoms. The highest BCUT2D eigenvalue weighted by Gasteiger charge is 2.38. The SMILES string of the molecule is CCCCN1C(=O)C(CC)NC1c1ccc(C)cc1C. The zero-order chi connectivity index (χ0) is 14.7. The minimum absolute atomic E-state index is 0.0300. The number of carbonyl (C=O) groups is 1. The van der Waals surface area contributed by atoms with Crippen molar-refractivity contribution in [3.05, 3.63) is 34.9 Å². The van der Waals surface area contributed by atoms with Crippen LogP contribution in [0.1, 0.15) is 56.0 Å². The predicted octanol–water partition coefficient (Wildman–Crippen LogP) is 3.31. The number of hydrogen-bond donors (Lipinski definition) is 1. The highest BCUT2D eigenvalue weighted by molar-refractivity contribution is 5.84. The van der Waals surface area contributed by atoms with Crippen molar-refractivity contribution in [3.63, 3.8) is 0 Å². The third-order valence-electron chi connectivity index (χ3n) is 4.13. The van der Waals surface area contributed by atoms with Crippen molar-refractivity contribution < 1.29 is 4.79 Å². The van der Waals surface area contributed by atoms with E-state index in [4.69, 9.17) is 0 Å². The summed E-state index contributed by atoms with van der Waals surface area (Å²) in [7, 11) is 0. The molecule has 0 saturated carbocycles. The first-order valence-electron chi connectivity index (χ1n) is 7.72. The Morgan fingerprint density at radius 1 is 1.25 bits per heavy atom. The van der Waals surface area contributed by atoms with Crippen LogP contribution in [-0.4, -0.2) is 23.4 Å². The molecule has 1 N–H and O–H groups in total. The second-order valence-electron chi connectivity index (χ2n) is 5.78. The fourth-order valence-corrected chi connectivity index (χ4v) is 2.93. The molecule has 1 heterocycles. The minimum Gasteiger partial charge on any atom is -0.322 e. The third-order valence-corrected chi connectivity index (χ3v) is 4.13. The van der Waals surface area contributed by atoms with Crippen molar-refractivity contribution >= 4 is 5.91 Å². The Labute approximate surface area is 122 Å². The Balaban J connectivity index is 2.29. The summed E-state index contributed by atoms with van der Waals surface area (Å²) < 4.78 is 0. The number of amides is 1. The number of nitrogens with one attached hydrogen (secondary N) is 1. The Morgan fingerprint density at radius 3 is 2.60 bits per heavy atom. The van der Waals surface area contributed by atoms with E-state index in [1.807, 2.05) is 4.90 Å². The van der Waals surface area contributed by atoms with Gasteiger partial charge in [-0.3, -0.25) is 10.1 Å². The van der Waals surface area contributed by atoms with Gasteiger partial charge in [0.05, 0.1) is 6.04 Å². The highest BCUT2D eigenvalue weighted by atomic mass is 16.2. The molecule has 2 atom stereocenters. The standard InChI is InChI=1S/C17H26N2O/c1-5-7-10-19-16(18-15(6-2)17(19)20)14-9-8-12(3)11-13(14)4/h8-9,11,15-16,18H,5-7,10H2,1-4H3. The second kappa shape index (κ2) is 6.40. The summed E-state index contributed by atoms with van der Waals surface area (Å²) in [6, 6.07) is 6.45. The smallest absolute Gasteiger partial charge is 0.241 e. The van der Waals surface area contributed by atoms with E-state index in [0.717, 1.165) is 25.8 Å². The van der Waals surface area contributed by atoms with Gasteiger partial charge in [0, 0.05) is 6.54 Å². The molecule has 0 spiro atoms. The zero-order valence-corrected chi connectivity index (χ0v) is 13.1. The van der Waals surface area contributed by atoms with E-state index in [1.54, 1.807) is 0 Å². The van der Waals surface area contributed by atoms with Crippen LogP contribution in [0.2, 0.25) is 0 Å². The van der Waals surface area contributed by atoms with Gasteiger partial charge < -0.3 is 4.90 Å². The number of benzene rings is 1. The van der Waals surface area contributed by atoms with E-state index >= 15 is 0 Å². The summed E-state index contributed by atoms with van der Waals surface area (Å²) in [5.74, 6) is 0.255. The Hall–Kier alpha value is -1.35. The largest absolute Gasteiger partial charge is 0.322 e. The number of aryl methyl sites for hydroxylation is 2. The molecule has 3 nitrogen and oxygen atoms in total. The van der Waals surface area contributed by atoms with Gasteiger partial charge >= 0.3 is 0 Å². The molecule has 1 amide bonds. The van der Waals surface area contributed by atoms with Crippen LogP contribution >= 0.6 is 0 Å². The molecule has 1 aliphatic heterocycles. The fourth-order valence-electron chi connectivity index (χ4n) is 2.93. The van der Waals surface area contributed by atoms with E-state index < -0.39 is 0 Å². The van der Waals surface area contributed by atoms with Crippen LogP contribution in [0.4, 0.5) is 0 Å². The van der Waals surface area contributed by atoms with Crippen LogP contribution in [0.3, 0.4) is 0 Å². The van der Waals surface area contributed by atoms with Crippen molar-refractivity contribution in [1.29, 1.82) is 0 Å². The second-order valence-corrected chi connectivity index (χ2v) is 5.78. The molecule has 1 fully saturated rings. The van der Waals surface area contributed by atoms with Gasteiger partial charge in [0.15, 0.2) is 0 Å². The van der Waals surface area contributed by atoms with Crippen LogP contribution in [-0.2, 0) is 4.79 Å². The Morgan fingerprint density at radius 2 is 2.00 bits per heavy atom. The van der Waals surface area contributed by atoms with Gasteiger partial charge in [0.25, 0.3) is 0 Å². The van der Waals surface area contributed by atoms with E-state index in [2.05, 4.69) is 51.2 Å². The van der Waals surface area contributed by atoms with Gasteiger partial charge in [-0.2, -0.15) is 0 Å². The molecule has 2 unspecified atom stereocenters. The first kappa shape index (κ1) is 15.0. The molecular formula is C17H26N2O. The summed E-state index contributed by atoms with van der Waals surface area (Å²) >= 11 is 0. The first-order chi connectivity index (χ1) is 9.58. The molecular weight excluding hydrogens is 248 g/mol. The van der Waals surface area contributed by atoms with Crippen molar-refractivity contribution in [1.82, 2.24) is 10.2 Å². The molecule has 0 aliphatic carbocycles. The van der Waals surface area contributed by atoms with Crippen LogP contribution in [0.25, 0.3) is 0 Å². The number of rotatable bonds is 5. The Bertz CT molecular complexity index is 484. The van der Waals surface area contributed by atoms with E-state index in [9.17, 15) is 4.79 Å². The van der Waals surface area contributed by atoms with Crippen molar-refractivity contribution in [3.8, 4) is 0 Å². The molecule has 3 heteroatoms. The molecule has 1 aromatic carbocycles. The summed E-state index contributed by atoms with van der Waals surface area (Å²) in [5.41, 5.74) is 3.76. The minimum atomic E-state index is -0.0300. The monoisotopic (exact) mass is 274 g/mol. The molecule has 110 valence electrons. The Kier molecular flexibility index (Phi) is 4.81. The van der Waals surface area contributed by atoms with Gasteiger partial charge in [-0.1, -0.05) is 44.0 Å². The molecule has 1 aliphatic rings. The van der Waals surface area contributed by atoms with Crippen LogP contribution < -0.4 is 5.32 Å². The average molecular weight is 274 g/mol. The number of hydrogen-bond acceptors (Lipinski definition) is 2. The molecule has 1 aromatic rings. The molecule has 0 bridgehead atoms. The van der Waals surface area contributed by atoms with Gasteiger partial charge in [-0.05, 0) is 37.8 Å². The summed E-state index contributed by atoms with van der Waals surface area (Å²) in [6.45, 7) is 9.31. The molecule has 0 aromatic heterocycles. The maximum Gasteiger partial charge on any atom is 0.241 e. The summed E-state index contributed by atoms with van der Waals surface area (Å²) in [5, 5.41) is 3.50. The summed E-state index contributed by atoms with van der Waals surface area (Å²) in [4.78, 5) is 14.5. The van der Waals surface area contributed by atoms with E-state index in [0.29, 0.717) is 0 Å². The average Bonchev–Trinajstić information content (AvgIpc) is 2.73. The lowest BCUT2D eigenvalue weighted by Gasteiger charge is -2.26. The lowest BCUT2D eigenvalue weighted by atomic mass is 10.0. The number of unbranched alkanes of at least 4 members (excludes halogenated alkanes) is 1. The van der Waals surface area contributed by atoms with Crippen molar-refractivity contribution in [2.45, 2.75) is 59.2 Å². The molecule has 0 radical (unpaired) electrons. The maximum absolute atomic E-state index is 12.5. The number of nitrogens with zero attached hydrogens (tertiary/aromatic N) is 1. The van der Waals surface area contributed by atoms with Crippen molar-refractivity contribution in [2.75, 3.05) is 6.54 Å². The summed E-state index contributed by atoms with van der Waals surface area (Å²) in [6.07, 6.45) is 3.06. The van der Waals surface area contributed by atoms with E-state index in [1.165, 1.54) is 16.7 Å². The maximum atomic E-state index is 12.5. The normalized spacial score (nSPS) is 22.6. The third kappa shape index (κ3) is 2.88. The van der Waals surface area contributed by atoms with Gasteiger partial charge in [-0.25, -0.2) is 0 Å². The van der Waals surface area contributed by atoms with Gasteiger partial charge in [0.2, 0.25) is 5.91 Å².